The van der Waals surface area contributed by atoms with Crippen molar-refractivity contribution in [3.05, 3.63) is 29.8 Å². The molecule has 4 nitrogen and oxygen atoms in total. The van der Waals surface area contributed by atoms with E-state index in [4.69, 9.17) is 5.11 Å². The van der Waals surface area contributed by atoms with Crippen molar-refractivity contribution in [2.24, 2.45) is 0 Å². The topological polar surface area (TPSA) is 66.4 Å². The number of hydrogen-bond acceptors (Lipinski definition) is 2. The molecule has 1 amide bonds. The van der Waals surface area contributed by atoms with Crippen LogP contribution in [0.15, 0.2) is 18.2 Å². The zero-order chi connectivity index (χ0) is 13.5. The number of carbonyl (C=O) groups excluding carboxylic acids is 1. The van der Waals surface area contributed by atoms with Crippen molar-refractivity contribution >= 4 is 17.6 Å². The monoisotopic (exact) mass is 257 g/mol. The van der Waals surface area contributed by atoms with Gasteiger partial charge in [-0.05, 0) is 25.0 Å². The predicted molar refractivity (Wildman–Crippen MR) is 61.1 cm³/mol. The van der Waals surface area contributed by atoms with Crippen LogP contribution < -0.4 is 5.32 Å². The van der Waals surface area contributed by atoms with E-state index in [0.29, 0.717) is 12.8 Å². The van der Waals surface area contributed by atoms with Crippen molar-refractivity contribution in [3.63, 3.8) is 0 Å². The number of carboxylic acid groups (broad SMARTS) is 1. The Morgan fingerprint density at radius 3 is 2.22 bits per heavy atom. The number of para-hydroxylation sites is 1. The fraction of sp³-hybridized carbons (Fsp3) is 0.333. The van der Waals surface area contributed by atoms with Crippen LogP contribution in [0.2, 0.25) is 0 Å². The average molecular weight is 257 g/mol. The van der Waals surface area contributed by atoms with Crippen molar-refractivity contribution < 1.29 is 23.5 Å². The number of hydrogen-bond donors (Lipinski definition) is 2. The Bertz CT molecular complexity index is 429. The Labute approximate surface area is 103 Å². The van der Waals surface area contributed by atoms with Crippen LogP contribution in [0.1, 0.15) is 25.7 Å². The quantitative estimate of drug-likeness (QED) is 0.769. The normalized spacial score (nSPS) is 10.1. The van der Waals surface area contributed by atoms with Crippen LogP contribution >= 0.6 is 0 Å². The zero-order valence-corrected chi connectivity index (χ0v) is 9.58. The summed E-state index contributed by atoms with van der Waals surface area (Å²) in [7, 11) is 0. The molecule has 98 valence electrons. The van der Waals surface area contributed by atoms with E-state index in [1.807, 2.05) is 0 Å². The van der Waals surface area contributed by atoms with Crippen LogP contribution in [-0.2, 0) is 9.59 Å². The maximum Gasteiger partial charge on any atom is 0.303 e. The number of halogens is 2. The molecule has 0 unspecified atom stereocenters. The lowest BCUT2D eigenvalue weighted by Gasteiger charge is -2.06. The lowest BCUT2D eigenvalue weighted by atomic mass is 10.2. The predicted octanol–water partition coefficient (Wildman–Crippen LogP) is 2.55. The van der Waals surface area contributed by atoms with Crippen LogP contribution in [0, 0.1) is 11.6 Å². The average Bonchev–Trinajstić information content (AvgIpc) is 2.29. The number of nitrogens with one attached hydrogen (secondary N) is 1. The standard InChI is InChI=1S/C12H13F2NO3/c13-8-4-3-5-9(14)12(8)15-10(16)6-1-2-7-11(17)18/h3-5H,1-2,6-7H2,(H,15,16)(H,17,18). The molecule has 2 N–H and O–H groups in total. The third-order valence-electron chi connectivity index (χ3n) is 2.27. The maximum absolute atomic E-state index is 13.2. The van der Waals surface area contributed by atoms with Gasteiger partial charge < -0.3 is 10.4 Å². The summed E-state index contributed by atoms with van der Waals surface area (Å²) in [6, 6.07) is 3.29. The summed E-state index contributed by atoms with van der Waals surface area (Å²) in [5.41, 5.74) is -0.472. The van der Waals surface area contributed by atoms with Crippen molar-refractivity contribution in [1.29, 1.82) is 0 Å². The first-order valence-electron chi connectivity index (χ1n) is 5.46. The summed E-state index contributed by atoms with van der Waals surface area (Å²) in [6.07, 6.45) is 0.707. The van der Waals surface area contributed by atoms with Crippen LogP contribution in [0.25, 0.3) is 0 Å². The Morgan fingerprint density at radius 1 is 1.11 bits per heavy atom. The number of unbranched alkanes of at least 4 members (excludes halogenated alkanes) is 1. The van der Waals surface area contributed by atoms with E-state index in [2.05, 4.69) is 5.32 Å². The first kappa shape index (κ1) is 14.1. The molecule has 0 heterocycles. The molecule has 0 saturated carbocycles. The summed E-state index contributed by atoms with van der Waals surface area (Å²) < 4.78 is 26.3. The molecule has 1 aromatic carbocycles. The second-order valence-electron chi connectivity index (χ2n) is 3.75. The van der Waals surface area contributed by atoms with Gasteiger partial charge in [0.1, 0.15) is 17.3 Å². The Morgan fingerprint density at radius 2 is 1.67 bits per heavy atom. The number of benzene rings is 1. The second kappa shape index (κ2) is 6.68. The molecule has 1 rings (SSSR count). The molecular weight excluding hydrogens is 244 g/mol. The van der Waals surface area contributed by atoms with Gasteiger partial charge in [-0.1, -0.05) is 6.07 Å². The van der Waals surface area contributed by atoms with Crippen LogP contribution in [-0.4, -0.2) is 17.0 Å². The van der Waals surface area contributed by atoms with Gasteiger partial charge in [0.15, 0.2) is 0 Å². The van der Waals surface area contributed by atoms with Crippen molar-refractivity contribution in [2.45, 2.75) is 25.7 Å². The van der Waals surface area contributed by atoms with Gasteiger partial charge in [0.2, 0.25) is 5.91 Å². The third kappa shape index (κ3) is 4.48. The molecule has 0 fully saturated rings. The number of carboxylic acids is 1. The van der Waals surface area contributed by atoms with Crippen LogP contribution in [0.5, 0.6) is 0 Å². The smallest absolute Gasteiger partial charge is 0.303 e. The fourth-order valence-corrected chi connectivity index (χ4v) is 1.38. The summed E-state index contributed by atoms with van der Waals surface area (Å²) in [6.45, 7) is 0. The highest BCUT2D eigenvalue weighted by atomic mass is 19.1. The van der Waals surface area contributed by atoms with Gasteiger partial charge in [0.05, 0.1) is 0 Å². The SMILES string of the molecule is O=C(O)CCCCC(=O)Nc1c(F)cccc1F. The minimum absolute atomic E-state index is 0.0264. The molecule has 0 aliphatic carbocycles. The largest absolute Gasteiger partial charge is 0.481 e. The molecule has 0 atom stereocenters. The van der Waals surface area contributed by atoms with E-state index in [0.717, 1.165) is 12.1 Å². The Kier molecular flexibility index (Phi) is 5.23. The first-order valence-corrected chi connectivity index (χ1v) is 5.46. The van der Waals surface area contributed by atoms with Crippen LogP contribution in [0.3, 0.4) is 0 Å². The van der Waals surface area contributed by atoms with Crippen molar-refractivity contribution in [1.82, 2.24) is 0 Å². The van der Waals surface area contributed by atoms with Crippen LogP contribution in [0.4, 0.5) is 14.5 Å². The Balaban J connectivity index is 2.43. The molecule has 1 aromatic rings. The van der Waals surface area contributed by atoms with Gasteiger partial charge in [0.25, 0.3) is 0 Å². The van der Waals surface area contributed by atoms with E-state index < -0.39 is 29.2 Å². The molecule has 6 heteroatoms. The highest BCUT2D eigenvalue weighted by Crippen LogP contribution is 2.18. The second-order valence-corrected chi connectivity index (χ2v) is 3.75. The summed E-state index contributed by atoms with van der Waals surface area (Å²) in [4.78, 5) is 21.6. The molecule has 0 spiro atoms. The van der Waals surface area contributed by atoms with E-state index in [1.54, 1.807) is 0 Å². The van der Waals surface area contributed by atoms with E-state index in [9.17, 15) is 18.4 Å². The summed E-state index contributed by atoms with van der Waals surface area (Å²) in [5.74, 6) is -3.15. The molecule has 18 heavy (non-hydrogen) atoms. The summed E-state index contributed by atoms with van der Waals surface area (Å²) in [5, 5.41) is 10.5. The number of rotatable bonds is 6. The summed E-state index contributed by atoms with van der Waals surface area (Å²) >= 11 is 0. The number of aliphatic carboxylic acids is 1. The molecule has 0 aromatic heterocycles. The molecule has 0 radical (unpaired) electrons. The lowest BCUT2D eigenvalue weighted by Crippen LogP contribution is -2.13. The van der Waals surface area contributed by atoms with Gasteiger partial charge >= 0.3 is 5.97 Å². The third-order valence-corrected chi connectivity index (χ3v) is 2.27. The molecular formula is C12H13F2NO3. The number of amides is 1. The van der Waals surface area contributed by atoms with Gasteiger partial charge in [0, 0.05) is 12.8 Å². The molecule has 0 aliphatic rings. The van der Waals surface area contributed by atoms with Crippen molar-refractivity contribution in [2.75, 3.05) is 5.32 Å². The lowest BCUT2D eigenvalue weighted by molar-refractivity contribution is -0.137. The van der Waals surface area contributed by atoms with E-state index in [-0.39, 0.29) is 12.8 Å². The van der Waals surface area contributed by atoms with Gasteiger partial charge in [-0.3, -0.25) is 9.59 Å². The zero-order valence-electron chi connectivity index (χ0n) is 9.58. The number of anilines is 1. The minimum atomic E-state index is -0.935. The van der Waals surface area contributed by atoms with E-state index >= 15 is 0 Å². The van der Waals surface area contributed by atoms with Gasteiger partial charge in [-0.2, -0.15) is 0 Å². The first-order chi connectivity index (χ1) is 8.50. The maximum atomic E-state index is 13.2. The Hall–Kier alpha value is -1.98. The molecule has 0 saturated heterocycles. The van der Waals surface area contributed by atoms with Crippen molar-refractivity contribution in [3.8, 4) is 0 Å². The van der Waals surface area contributed by atoms with Gasteiger partial charge in [-0.25, -0.2) is 8.78 Å². The van der Waals surface area contributed by atoms with Gasteiger partial charge in [-0.15, -0.1) is 0 Å². The van der Waals surface area contributed by atoms with E-state index in [1.165, 1.54) is 6.07 Å². The highest BCUT2D eigenvalue weighted by Gasteiger charge is 2.11. The molecule has 0 aliphatic heterocycles. The fourth-order valence-electron chi connectivity index (χ4n) is 1.38. The molecule has 0 bridgehead atoms. The highest BCUT2D eigenvalue weighted by molar-refractivity contribution is 5.90. The minimum Gasteiger partial charge on any atom is -0.481 e. The number of carbonyl (C=O) groups is 2.